The van der Waals surface area contributed by atoms with Crippen LogP contribution >= 0.6 is 11.3 Å². The minimum absolute atomic E-state index is 1.10. The average Bonchev–Trinajstić information content (AvgIpc) is 2.94. The van der Waals surface area contributed by atoms with Crippen LogP contribution in [-0.4, -0.2) is 0 Å². The predicted octanol–water partition coefficient (Wildman–Crippen LogP) is 6.36. The van der Waals surface area contributed by atoms with E-state index in [2.05, 4.69) is 61.5 Å². The molecule has 1 aromatic heterocycles. The molecule has 0 saturated heterocycles. The van der Waals surface area contributed by atoms with Gasteiger partial charge in [0, 0.05) is 20.2 Å². The standard InChI is InChI=1S/C20H14S/c1-2-12-10-11-16-14-7-4-3-6-13(14)15-8-5-9-17-18(15)19(16)20(12)21-17/h3-11H,2H2,1H3. The van der Waals surface area contributed by atoms with Crippen molar-refractivity contribution in [3.05, 3.63) is 60.2 Å². The molecule has 0 saturated carbocycles. The molecule has 1 heteroatoms. The number of benzene rings is 4. The van der Waals surface area contributed by atoms with Gasteiger partial charge in [-0.2, -0.15) is 0 Å². The van der Waals surface area contributed by atoms with Crippen LogP contribution < -0.4 is 0 Å². The van der Waals surface area contributed by atoms with E-state index in [1.54, 1.807) is 0 Å². The molecular formula is C20H14S. The van der Waals surface area contributed by atoms with Gasteiger partial charge in [0.15, 0.2) is 0 Å². The maximum atomic E-state index is 2.32. The number of rotatable bonds is 1. The molecule has 0 N–H and O–H groups in total. The summed E-state index contributed by atoms with van der Waals surface area (Å²) in [6, 6.07) is 20.2. The minimum atomic E-state index is 1.10. The van der Waals surface area contributed by atoms with Gasteiger partial charge in [-0.15, -0.1) is 11.3 Å². The molecule has 100 valence electrons. The number of thiophene rings is 1. The zero-order chi connectivity index (χ0) is 14.0. The molecule has 0 spiro atoms. The van der Waals surface area contributed by atoms with Crippen LogP contribution in [-0.2, 0) is 6.42 Å². The van der Waals surface area contributed by atoms with Crippen molar-refractivity contribution in [2.24, 2.45) is 0 Å². The summed E-state index contributed by atoms with van der Waals surface area (Å²) in [5, 5.41) is 8.49. The molecule has 1 heterocycles. The highest BCUT2D eigenvalue weighted by Gasteiger charge is 2.16. The molecule has 5 rings (SSSR count). The van der Waals surface area contributed by atoms with Gasteiger partial charge in [-0.3, -0.25) is 0 Å². The summed E-state index contributed by atoms with van der Waals surface area (Å²) in [5.41, 5.74) is 1.47. The van der Waals surface area contributed by atoms with E-state index in [1.165, 1.54) is 47.3 Å². The largest absolute Gasteiger partial charge is 0.135 e. The number of hydrogen-bond donors (Lipinski definition) is 0. The van der Waals surface area contributed by atoms with Gasteiger partial charge in [0.2, 0.25) is 0 Å². The van der Waals surface area contributed by atoms with Crippen LogP contribution in [0.2, 0.25) is 0 Å². The molecule has 0 fully saturated rings. The van der Waals surface area contributed by atoms with Gasteiger partial charge in [0.1, 0.15) is 0 Å². The van der Waals surface area contributed by atoms with Gasteiger partial charge in [-0.1, -0.05) is 55.5 Å². The lowest BCUT2D eigenvalue weighted by Gasteiger charge is -2.10. The van der Waals surface area contributed by atoms with Crippen LogP contribution in [0.4, 0.5) is 0 Å². The first-order valence-electron chi connectivity index (χ1n) is 7.45. The first-order chi connectivity index (χ1) is 10.4. The summed E-state index contributed by atoms with van der Waals surface area (Å²) in [6.45, 7) is 2.25. The van der Waals surface area contributed by atoms with E-state index in [0.29, 0.717) is 0 Å². The summed E-state index contributed by atoms with van der Waals surface area (Å²) in [7, 11) is 0. The quantitative estimate of drug-likeness (QED) is 0.314. The van der Waals surface area contributed by atoms with Crippen molar-refractivity contribution in [2.45, 2.75) is 13.3 Å². The molecule has 0 bridgehead atoms. The Morgan fingerprint density at radius 2 is 1.43 bits per heavy atom. The molecule has 0 amide bonds. The SMILES string of the molecule is CCc1ccc2c3ccccc3c3cccc4sc1c2c43. The van der Waals surface area contributed by atoms with E-state index >= 15 is 0 Å². The number of fused-ring (bicyclic) bond motifs is 3. The van der Waals surface area contributed by atoms with Gasteiger partial charge in [-0.05, 0) is 39.6 Å². The monoisotopic (exact) mass is 286 g/mol. The third-order valence-corrected chi connectivity index (χ3v) is 5.85. The Labute approximate surface area is 127 Å². The molecule has 0 aliphatic heterocycles. The molecule has 21 heavy (non-hydrogen) atoms. The molecule has 5 aromatic rings. The molecule has 0 radical (unpaired) electrons. The molecule has 0 unspecified atom stereocenters. The highest BCUT2D eigenvalue weighted by Crippen LogP contribution is 2.45. The highest BCUT2D eigenvalue weighted by atomic mass is 32.1. The van der Waals surface area contributed by atoms with Gasteiger partial charge < -0.3 is 0 Å². The van der Waals surface area contributed by atoms with Gasteiger partial charge >= 0.3 is 0 Å². The summed E-state index contributed by atoms with van der Waals surface area (Å²) in [6.07, 6.45) is 1.10. The lowest BCUT2D eigenvalue weighted by Crippen LogP contribution is -1.84. The summed E-state index contributed by atoms with van der Waals surface area (Å²) in [5.74, 6) is 0. The molecule has 0 aliphatic carbocycles. The fourth-order valence-corrected chi connectivity index (χ4v) is 4.99. The third kappa shape index (κ3) is 1.35. The summed E-state index contributed by atoms with van der Waals surface area (Å²) < 4.78 is 2.89. The van der Waals surface area contributed by atoms with E-state index in [1.807, 2.05) is 11.3 Å². The predicted molar refractivity (Wildman–Crippen MR) is 94.9 cm³/mol. The number of hydrogen-bond acceptors (Lipinski definition) is 1. The molecule has 0 atom stereocenters. The lowest BCUT2D eigenvalue weighted by molar-refractivity contribution is 1.17. The van der Waals surface area contributed by atoms with Crippen LogP contribution in [0.3, 0.4) is 0 Å². The van der Waals surface area contributed by atoms with E-state index in [9.17, 15) is 0 Å². The van der Waals surface area contributed by atoms with E-state index < -0.39 is 0 Å². The van der Waals surface area contributed by atoms with Crippen LogP contribution in [0.15, 0.2) is 54.6 Å². The second-order valence-electron chi connectivity index (χ2n) is 5.66. The van der Waals surface area contributed by atoms with Crippen molar-refractivity contribution < 1.29 is 0 Å². The van der Waals surface area contributed by atoms with Crippen LogP contribution in [0.5, 0.6) is 0 Å². The minimum Gasteiger partial charge on any atom is -0.135 e. The molecular weight excluding hydrogens is 272 g/mol. The zero-order valence-electron chi connectivity index (χ0n) is 11.8. The van der Waals surface area contributed by atoms with Crippen molar-refractivity contribution in [1.29, 1.82) is 0 Å². The average molecular weight is 286 g/mol. The Kier molecular flexibility index (Phi) is 2.17. The van der Waals surface area contributed by atoms with Crippen molar-refractivity contribution in [3.63, 3.8) is 0 Å². The maximum absolute atomic E-state index is 2.32. The van der Waals surface area contributed by atoms with E-state index in [0.717, 1.165) is 6.42 Å². The second kappa shape index (κ2) is 3.96. The third-order valence-electron chi connectivity index (χ3n) is 4.62. The zero-order valence-corrected chi connectivity index (χ0v) is 12.6. The summed E-state index contributed by atoms with van der Waals surface area (Å²) >= 11 is 1.95. The van der Waals surface area contributed by atoms with E-state index in [-0.39, 0.29) is 0 Å². The van der Waals surface area contributed by atoms with Crippen LogP contribution in [0.1, 0.15) is 12.5 Å². The van der Waals surface area contributed by atoms with E-state index in [4.69, 9.17) is 0 Å². The van der Waals surface area contributed by atoms with Crippen LogP contribution in [0.25, 0.3) is 41.7 Å². The second-order valence-corrected chi connectivity index (χ2v) is 6.71. The van der Waals surface area contributed by atoms with Crippen molar-refractivity contribution in [2.75, 3.05) is 0 Å². The van der Waals surface area contributed by atoms with Gasteiger partial charge in [-0.25, -0.2) is 0 Å². The Bertz CT molecular complexity index is 1110. The van der Waals surface area contributed by atoms with Crippen molar-refractivity contribution in [3.8, 4) is 0 Å². The number of aryl methyl sites for hydroxylation is 1. The normalized spacial score (nSPS) is 12.2. The molecule has 0 aliphatic rings. The topological polar surface area (TPSA) is 0 Å². The Morgan fingerprint density at radius 1 is 0.714 bits per heavy atom. The first-order valence-corrected chi connectivity index (χ1v) is 8.27. The Morgan fingerprint density at radius 3 is 2.19 bits per heavy atom. The van der Waals surface area contributed by atoms with Crippen molar-refractivity contribution >= 4 is 53.1 Å². The fourth-order valence-electron chi connectivity index (χ4n) is 3.65. The molecule has 4 aromatic carbocycles. The maximum Gasteiger partial charge on any atom is 0.0393 e. The Hall–Kier alpha value is -2.12. The van der Waals surface area contributed by atoms with Crippen LogP contribution in [0, 0.1) is 0 Å². The summed E-state index contributed by atoms with van der Waals surface area (Å²) in [4.78, 5) is 0. The first kappa shape index (κ1) is 11.5. The fraction of sp³-hybridized carbons (Fsp3) is 0.100. The van der Waals surface area contributed by atoms with Gasteiger partial charge in [0.05, 0.1) is 0 Å². The lowest BCUT2D eigenvalue weighted by atomic mass is 9.93. The molecule has 0 nitrogen and oxygen atoms in total. The smallest absolute Gasteiger partial charge is 0.0393 e. The van der Waals surface area contributed by atoms with Gasteiger partial charge in [0.25, 0.3) is 0 Å². The highest BCUT2D eigenvalue weighted by molar-refractivity contribution is 7.26. The van der Waals surface area contributed by atoms with Crippen molar-refractivity contribution in [1.82, 2.24) is 0 Å². The Balaban J connectivity index is 2.25.